The molecular formula is C17H16N2O2. The lowest BCUT2D eigenvalue weighted by molar-refractivity contribution is 0.302. The van der Waals surface area contributed by atoms with Crippen LogP contribution < -0.4 is 4.74 Å². The van der Waals surface area contributed by atoms with Crippen molar-refractivity contribution in [3.63, 3.8) is 0 Å². The highest BCUT2D eigenvalue weighted by atomic mass is 16.5. The van der Waals surface area contributed by atoms with Gasteiger partial charge in [-0.3, -0.25) is 0 Å². The molecule has 106 valence electrons. The fraction of sp³-hybridized carbons (Fsp3) is 0.118. The van der Waals surface area contributed by atoms with Crippen molar-refractivity contribution in [1.29, 1.82) is 0 Å². The number of benzene rings is 2. The van der Waals surface area contributed by atoms with Crippen molar-refractivity contribution >= 4 is 0 Å². The Morgan fingerprint density at radius 2 is 1.90 bits per heavy atom. The first-order chi connectivity index (χ1) is 10.2. The summed E-state index contributed by atoms with van der Waals surface area (Å²) in [5.41, 5.74) is 2.73. The molecule has 0 amide bonds. The number of para-hydroxylation sites is 1. The summed E-state index contributed by atoms with van der Waals surface area (Å²) in [7, 11) is 0. The highest BCUT2D eigenvalue weighted by Gasteiger charge is 2.05. The van der Waals surface area contributed by atoms with Gasteiger partial charge in [-0.05, 0) is 31.2 Å². The predicted molar refractivity (Wildman–Crippen MR) is 80.7 cm³/mol. The van der Waals surface area contributed by atoms with Crippen LogP contribution in [0.25, 0.3) is 5.69 Å². The monoisotopic (exact) mass is 280 g/mol. The Bertz CT molecular complexity index is 736. The van der Waals surface area contributed by atoms with Crippen LogP contribution in [0.15, 0.2) is 60.9 Å². The molecule has 0 aliphatic heterocycles. The fourth-order valence-electron chi connectivity index (χ4n) is 2.08. The fourth-order valence-corrected chi connectivity index (χ4v) is 2.08. The lowest BCUT2D eigenvalue weighted by Crippen LogP contribution is -1.96. The van der Waals surface area contributed by atoms with Gasteiger partial charge in [0.05, 0.1) is 11.9 Å². The van der Waals surface area contributed by atoms with Crippen molar-refractivity contribution in [2.45, 2.75) is 13.5 Å². The molecule has 4 heteroatoms. The first-order valence-electron chi connectivity index (χ1n) is 6.74. The van der Waals surface area contributed by atoms with Crippen LogP contribution in [0.3, 0.4) is 0 Å². The third kappa shape index (κ3) is 2.89. The summed E-state index contributed by atoms with van der Waals surface area (Å²) in [5.74, 6) is 0.926. The van der Waals surface area contributed by atoms with Gasteiger partial charge in [-0.2, -0.15) is 5.10 Å². The third-order valence-corrected chi connectivity index (χ3v) is 3.31. The molecule has 0 spiro atoms. The standard InChI is InChI=1S/C17H16N2O2/c1-13-16(20)8-5-9-17(13)21-12-14-10-18-19(11-14)15-6-3-2-4-7-15/h2-11,20H,12H2,1H3. The molecule has 0 atom stereocenters. The maximum absolute atomic E-state index is 9.65. The number of hydrogen-bond acceptors (Lipinski definition) is 3. The number of nitrogens with zero attached hydrogens (tertiary/aromatic N) is 2. The van der Waals surface area contributed by atoms with Gasteiger partial charge in [0.1, 0.15) is 18.1 Å². The average molecular weight is 280 g/mol. The van der Waals surface area contributed by atoms with Crippen molar-refractivity contribution in [2.24, 2.45) is 0 Å². The molecule has 1 N–H and O–H groups in total. The van der Waals surface area contributed by atoms with Gasteiger partial charge >= 0.3 is 0 Å². The first-order valence-corrected chi connectivity index (χ1v) is 6.74. The van der Waals surface area contributed by atoms with Gasteiger partial charge in [0, 0.05) is 17.3 Å². The van der Waals surface area contributed by atoms with Crippen LogP contribution in [0.4, 0.5) is 0 Å². The second-order valence-electron chi connectivity index (χ2n) is 4.82. The molecular weight excluding hydrogens is 264 g/mol. The van der Waals surface area contributed by atoms with E-state index < -0.39 is 0 Å². The predicted octanol–water partition coefficient (Wildman–Crippen LogP) is 3.47. The average Bonchev–Trinajstić information content (AvgIpc) is 2.99. The molecule has 0 saturated heterocycles. The Morgan fingerprint density at radius 1 is 1.10 bits per heavy atom. The van der Waals surface area contributed by atoms with Crippen molar-refractivity contribution in [2.75, 3.05) is 0 Å². The van der Waals surface area contributed by atoms with Crippen LogP contribution in [0.1, 0.15) is 11.1 Å². The Labute approximate surface area is 123 Å². The van der Waals surface area contributed by atoms with E-state index in [0.717, 1.165) is 16.8 Å². The Kier molecular flexibility index (Phi) is 3.60. The molecule has 3 rings (SSSR count). The molecule has 0 radical (unpaired) electrons. The van der Waals surface area contributed by atoms with E-state index in [-0.39, 0.29) is 5.75 Å². The summed E-state index contributed by atoms with van der Waals surface area (Å²) in [6.07, 6.45) is 3.72. The molecule has 0 aliphatic rings. The van der Waals surface area contributed by atoms with E-state index in [1.807, 2.05) is 54.2 Å². The quantitative estimate of drug-likeness (QED) is 0.796. The summed E-state index contributed by atoms with van der Waals surface area (Å²) < 4.78 is 7.55. The lowest BCUT2D eigenvalue weighted by atomic mass is 10.2. The van der Waals surface area contributed by atoms with Crippen LogP contribution in [0.5, 0.6) is 11.5 Å². The molecule has 21 heavy (non-hydrogen) atoms. The van der Waals surface area contributed by atoms with Crippen molar-refractivity contribution in [3.8, 4) is 17.2 Å². The van der Waals surface area contributed by atoms with Crippen LogP contribution in [0.2, 0.25) is 0 Å². The van der Waals surface area contributed by atoms with Crippen LogP contribution in [-0.4, -0.2) is 14.9 Å². The summed E-state index contributed by atoms with van der Waals surface area (Å²) >= 11 is 0. The van der Waals surface area contributed by atoms with Crippen LogP contribution in [0, 0.1) is 6.92 Å². The van der Waals surface area contributed by atoms with Gasteiger partial charge in [0.15, 0.2) is 0 Å². The van der Waals surface area contributed by atoms with E-state index in [2.05, 4.69) is 5.10 Å². The number of rotatable bonds is 4. The number of aromatic nitrogens is 2. The van der Waals surface area contributed by atoms with E-state index in [4.69, 9.17) is 4.74 Å². The third-order valence-electron chi connectivity index (χ3n) is 3.31. The van der Waals surface area contributed by atoms with Gasteiger partial charge in [-0.15, -0.1) is 0 Å². The number of hydrogen-bond donors (Lipinski definition) is 1. The molecule has 0 unspecified atom stereocenters. The van der Waals surface area contributed by atoms with Crippen LogP contribution in [-0.2, 0) is 6.61 Å². The van der Waals surface area contributed by atoms with E-state index in [0.29, 0.717) is 12.4 Å². The smallest absolute Gasteiger partial charge is 0.126 e. The SMILES string of the molecule is Cc1c(O)cccc1OCc1cnn(-c2ccccc2)c1. The molecule has 0 saturated carbocycles. The highest BCUT2D eigenvalue weighted by Crippen LogP contribution is 2.26. The molecule has 1 aromatic heterocycles. The van der Waals surface area contributed by atoms with Crippen molar-refractivity contribution in [3.05, 3.63) is 72.1 Å². The molecule has 3 aromatic rings. The number of phenols is 1. The molecule has 2 aromatic carbocycles. The number of aromatic hydroxyl groups is 1. The van der Waals surface area contributed by atoms with E-state index in [9.17, 15) is 5.11 Å². The summed E-state index contributed by atoms with van der Waals surface area (Å²) in [6, 6.07) is 15.2. The second-order valence-corrected chi connectivity index (χ2v) is 4.82. The molecule has 0 bridgehead atoms. The second kappa shape index (κ2) is 5.71. The van der Waals surface area contributed by atoms with Gasteiger partial charge in [-0.25, -0.2) is 4.68 Å². The minimum atomic E-state index is 0.243. The van der Waals surface area contributed by atoms with Gasteiger partial charge in [0.2, 0.25) is 0 Å². The minimum Gasteiger partial charge on any atom is -0.508 e. The van der Waals surface area contributed by atoms with Crippen LogP contribution >= 0.6 is 0 Å². The van der Waals surface area contributed by atoms with Gasteiger partial charge in [-0.1, -0.05) is 24.3 Å². The summed E-state index contributed by atoms with van der Waals surface area (Å²) in [5, 5.41) is 14.0. The summed E-state index contributed by atoms with van der Waals surface area (Å²) in [4.78, 5) is 0. The largest absolute Gasteiger partial charge is 0.508 e. The van der Waals surface area contributed by atoms with Crippen molar-refractivity contribution < 1.29 is 9.84 Å². The normalized spacial score (nSPS) is 10.5. The summed E-state index contributed by atoms with van der Waals surface area (Å²) in [6.45, 7) is 2.25. The highest BCUT2D eigenvalue weighted by molar-refractivity contribution is 5.42. The van der Waals surface area contributed by atoms with E-state index in [1.54, 1.807) is 18.3 Å². The Morgan fingerprint density at radius 3 is 2.71 bits per heavy atom. The Balaban J connectivity index is 1.72. The maximum Gasteiger partial charge on any atom is 0.126 e. The van der Waals surface area contributed by atoms with E-state index >= 15 is 0 Å². The van der Waals surface area contributed by atoms with Gasteiger partial charge < -0.3 is 9.84 Å². The zero-order valence-corrected chi connectivity index (χ0v) is 11.7. The van der Waals surface area contributed by atoms with Crippen molar-refractivity contribution in [1.82, 2.24) is 9.78 Å². The number of phenolic OH excluding ortho intramolecular Hbond substituents is 1. The molecule has 1 heterocycles. The maximum atomic E-state index is 9.65. The molecule has 0 fully saturated rings. The zero-order chi connectivity index (χ0) is 14.7. The minimum absolute atomic E-state index is 0.243. The van der Waals surface area contributed by atoms with E-state index in [1.165, 1.54) is 0 Å². The Hall–Kier alpha value is -2.75. The number of ether oxygens (including phenoxy) is 1. The first kappa shape index (κ1) is 13.2. The topological polar surface area (TPSA) is 47.3 Å². The van der Waals surface area contributed by atoms with Gasteiger partial charge in [0.25, 0.3) is 0 Å². The molecule has 4 nitrogen and oxygen atoms in total. The zero-order valence-electron chi connectivity index (χ0n) is 11.7. The molecule has 0 aliphatic carbocycles. The lowest BCUT2D eigenvalue weighted by Gasteiger charge is -2.08.